The highest BCUT2D eigenvalue weighted by atomic mass is 16.5. The molecule has 1 heterocycles. The van der Waals surface area contributed by atoms with Crippen LogP contribution in [0.3, 0.4) is 0 Å². The first kappa shape index (κ1) is 8.97. The Kier molecular flexibility index (Phi) is 3.83. The molecular weight excluding hydrogens is 142 g/mol. The van der Waals surface area contributed by atoms with E-state index in [0.29, 0.717) is 5.92 Å². The summed E-state index contributed by atoms with van der Waals surface area (Å²) in [6, 6.07) is 0. The zero-order valence-electron chi connectivity index (χ0n) is 7.05. The van der Waals surface area contributed by atoms with E-state index in [4.69, 9.17) is 4.74 Å². The lowest BCUT2D eigenvalue weighted by Gasteiger charge is -2.27. The second kappa shape index (κ2) is 4.70. The minimum Gasteiger partial charge on any atom is -0.393 e. The van der Waals surface area contributed by atoms with Crippen molar-refractivity contribution >= 4 is 0 Å². The summed E-state index contributed by atoms with van der Waals surface area (Å²) in [4.78, 5) is 0. The number of aliphatic hydroxyl groups excluding tert-OH is 1. The molecule has 0 aromatic carbocycles. The van der Waals surface area contributed by atoms with E-state index in [1.165, 1.54) is 0 Å². The van der Waals surface area contributed by atoms with Crippen LogP contribution in [0.25, 0.3) is 0 Å². The van der Waals surface area contributed by atoms with Crippen molar-refractivity contribution in [3.63, 3.8) is 0 Å². The highest BCUT2D eigenvalue weighted by molar-refractivity contribution is 4.76. The second-order valence-electron chi connectivity index (χ2n) is 3.10. The van der Waals surface area contributed by atoms with Crippen LogP contribution in [-0.2, 0) is 4.74 Å². The van der Waals surface area contributed by atoms with Gasteiger partial charge in [0.2, 0.25) is 0 Å². The molecule has 2 unspecified atom stereocenters. The van der Waals surface area contributed by atoms with Crippen molar-refractivity contribution in [3.05, 3.63) is 0 Å². The number of rotatable bonds is 3. The minimum atomic E-state index is -0.119. The Morgan fingerprint density at radius 1 is 1.64 bits per heavy atom. The van der Waals surface area contributed by atoms with Crippen molar-refractivity contribution in [2.75, 3.05) is 26.8 Å². The lowest BCUT2D eigenvalue weighted by molar-refractivity contribution is 0.0572. The molecule has 3 heteroatoms. The molecule has 1 fully saturated rings. The van der Waals surface area contributed by atoms with Crippen molar-refractivity contribution in [1.82, 2.24) is 5.32 Å². The molecule has 0 aromatic rings. The first-order chi connectivity index (χ1) is 5.34. The van der Waals surface area contributed by atoms with Crippen LogP contribution in [0.15, 0.2) is 0 Å². The number of hydrogen-bond donors (Lipinski definition) is 2. The summed E-state index contributed by atoms with van der Waals surface area (Å²) in [5.41, 5.74) is 0. The monoisotopic (exact) mass is 159 g/mol. The average Bonchev–Trinajstić information content (AvgIpc) is 2.03. The lowest BCUT2D eigenvalue weighted by atomic mass is 9.93. The summed E-state index contributed by atoms with van der Waals surface area (Å²) in [7, 11) is 1.70. The highest BCUT2D eigenvalue weighted by Crippen LogP contribution is 2.14. The molecule has 0 aliphatic carbocycles. The van der Waals surface area contributed by atoms with E-state index in [-0.39, 0.29) is 6.10 Å². The molecule has 2 N–H and O–H groups in total. The van der Waals surface area contributed by atoms with Crippen LogP contribution in [0.2, 0.25) is 0 Å². The summed E-state index contributed by atoms with van der Waals surface area (Å²) >= 11 is 0. The number of nitrogens with one attached hydrogen (secondary N) is 1. The maximum atomic E-state index is 9.50. The summed E-state index contributed by atoms with van der Waals surface area (Å²) < 4.78 is 4.95. The third-order valence-electron chi connectivity index (χ3n) is 2.26. The fraction of sp³-hybridized carbons (Fsp3) is 1.00. The summed E-state index contributed by atoms with van der Waals surface area (Å²) in [6.45, 7) is 2.64. The summed E-state index contributed by atoms with van der Waals surface area (Å²) in [6.07, 6.45) is 1.73. The van der Waals surface area contributed by atoms with Crippen molar-refractivity contribution in [2.45, 2.75) is 18.9 Å². The molecule has 66 valence electrons. The number of ether oxygens (including phenoxy) is 1. The predicted octanol–water partition coefficient (Wildman–Crippen LogP) is -0.00670. The molecule has 1 aliphatic rings. The molecule has 0 spiro atoms. The number of methoxy groups -OCH3 is 1. The predicted molar refractivity (Wildman–Crippen MR) is 43.5 cm³/mol. The first-order valence-corrected chi connectivity index (χ1v) is 4.22. The largest absolute Gasteiger partial charge is 0.393 e. The quantitative estimate of drug-likeness (QED) is 0.608. The molecular formula is C8H17NO2. The molecule has 2 atom stereocenters. The van der Waals surface area contributed by atoms with E-state index in [1.807, 2.05) is 0 Å². The van der Waals surface area contributed by atoms with Crippen LogP contribution in [0.4, 0.5) is 0 Å². The van der Waals surface area contributed by atoms with Crippen LogP contribution >= 0.6 is 0 Å². The molecule has 1 aliphatic heterocycles. The van der Waals surface area contributed by atoms with Gasteiger partial charge in [0.25, 0.3) is 0 Å². The third-order valence-corrected chi connectivity index (χ3v) is 2.26. The number of hydrogen-bond acceptors (Lipinski definition) is 3. The SMILES string of the molecule is COCCC1CNCCC1O. The normalized spacial score (nSPS) is 32.2. The Morgan fingerprint density at radius 2 is 2.45 bits per heavy atom. The molecule has 0 radical (unpaired) electrons. The summed E-state index contributed by atoms with van der Waals surface area (Å²) in [5, 5.41) is 12.8. The molecule has 1 rings (SSSR count). The Morgan fingerprint density at radius 3 is 3.09 bits per heavy atom. The van der Waals surface area contributed by atoms with Gasteiger partial charge in [0, 0.05) is 20.3 Å². The van der Waals surface area contributed by atoms with Gasteiger partial charge in [0.05, 0.1) is 6.10 Å². The minimum absolute atomic E-state index is 0.119. The van der Waals surface area contributed by atoms with E-state index in [9.17, 15) is 5.11 Å². The third kappa shape index (κ3) is 2.77. The van der Waals surface area contributed by atoms with Crippen LogP contribution in [0, 0.1) is 5.92 Å². The van der Waals surface area contributed by atoms with Crippen molar-refractivity contribution in [3.8, 4) is 0 Å². The maximum Gasteiger partial charge on any atom is 0.0593 e. The van der Waals surface area contributed by atoms with Gasteiger partial charge in [-0.25, -0.2) is 0 Å². The smallest absolute Gasteiger partial charge is 0.0593 e. The maximum absolute atomic E-state index is 9.50. The fourth-order valence-electron chi connectivity index (χ4n) is 1.47. The Balaban J connectivity index is 2.18. The van der Waals surface area contributed by atoms with E-state index < -0.39 is 0 Å². The number of aliphatic hydroxyl groups is 1. The molecule has 0 bridgehead atoms. The Labute approximate surface area is 67.7 Å². The molecule has 0 amide bonds. The highest BCUT2D eigenvalue weighted by Gasteiger charge is 2.21. The van der Waals surface area contributed by atoms with Crippen molar-refractivity contribution in [1.29, 1.82) is 0 Å². The topological polar surface area (TPSA) is 41.5 Å². The molecule has 1 saturated heterocycles. The molecule has 0 aromatic heterocycles. The van der Waals surface area contributed by atoms with Gasteiger partial charge in [0.15, 0.2) is 0 Å². The van der Waals surface area contributed by atoms with Crippen LogP contribution < -0.4 is 5.32 Å². The van der Waals surface area contributed by atoms with Crippen LogP contribution in [0.1, 0.15) is 12.8 Å². The van der Waals surface area contributed by atoms with E-state index in [1.54, 1.807) is 7.11 Å². The standard InChI is InChI=1S/C8H17NO2/c1-11-5-3-7-6-9-4-2-8(7)10/h7-10H,2-6H2,1H3. The van der Waals surface area contributed by atoms with Crippen molar-refractivity contribution < 1.29 is 9.84 Å². The van der Waals surface area contributed by atoms with Gasteiger partial charge in [-0.3, -0.25) is 0 Å². The first-order valence-electron chi connectivity index (χ1n) is 4.22. The van der Waals surface area contributed by atoms with Crippen LogP contribution in [0.5, 0.6) is 0 Å². The fourth-order valence-corrected chi connectivity index (χ4v) is 1.47. The van der Waals surface area contributed by atoms with E-state index in [0.717, 1.165) is 32.5 Å². The Hall–Kier alpha value is -0.120. The van der Waals surface area contributed by atoms with E-state index >= 15 is 0 Å². The molecule has 0 saturated carbocycles. The zero-order valence-corrected chi connectivity index (χ0v) is 7.05. The number of piperidine rings is 1. The van der Waals surface area contributed by atoms with Gasteiger partial charge in [-0.05, 0) is 25.3 Å². The molecule has 3 nitrogen and oxygen atoms in total. The lowest BCUT2D eigenvalue weighted by Crippen LogP contribution is -2.40. The van der Waals surface area contributed by atoms with Gasteiger partial charge in [-0.2, -0.15) is 0 Å². The van der Waals surface area contributed by atoms with Crippen molar-refractivity contribution in [2.24, 2.45) is 5.92 Å². The zero-order chi connectivity index (χ0) is 8.10. The van der Waals surface area contributed by atoms with Gasteiger partial charge < -0.3 is 15.2 Å². The van der Waals surface area contributed by atoms with Gasteiger partial charge in [-0.1, -0.05) is 0 Å². The van der Waals surface area contributed by atoms with Gasteiger partial charge in [0.1, 0.15) is 0 Å². The van der Waals surface area contributed by atoms with Gasteiger partial charge >= 0.3 is 0 Å². The van der Waals surface area contributed by atoms with Crippen LogP contribution in [-0.4, -0.2) is 38.0 Å². The second-order valence-corrected chi connectivity index (χ2v) is 3.10. The van der Waals surface area contributed by atoms with E-state index in [2.05, 4.69) is 5.32 Å². The van der Waals surface area contributed by atoms with Gasteiger partial charge in [-0.15, -0.1) is 0 Å². The Bertz CT molecular complexity index is 108. The molecule has 11 heavy (non-hydrogen) atoms. The average molecular weight is 159 g/mol. The summed E-state index contributed by atoms with van der Waals surface area (Å²) in [5.74, 6) is 0.392.